The van der Waals surface area contributed by atoms with E-state index in [9.17, 15) is 14.0 Å². The Morgan fingerprint density at radius 1 is 1.00 bits per heavy atom. The molecule has 2 heterocycles. The summed E-state index contributed by atoms with van der Waals surface area (Å²) in [6.45, 7) is 5.74. The average Bonchev–Trinajstić information content (AvgIpc) is 3.31. The number of hydrogen-bond donors (Lipinski definition) is 0. The molecule has 0 saturated carbocycles. The van der Waals surface area contributed by atoms with Crippen molar-refractivity contribution in [2.45, 2.75) is 33.4 Å². The van der Waals surface area contributed by atoms with Gasteiger partial charge in [-0.25, -0.2) is 14.2 Å². The number of esters is 1. The van der Waals surface area contributed by atoms with Crippen LogP contribution in [0.1, 0.15) is 42.1 Å². The molecule has 0 aliphatic carbocycles. The third kappa shape index (κ3) is 5.42. The van der Waals surface area contributed by atoms with Crippen LogP contribution in [0.3, 0.4) is 0 Å². The zero-order chi connectivity index (χ0) is 30.1. The van der Waals surface area contributed by atoms with E-state index in [1.165, 1.54) is 17.4 Å². The van der Waals surface area contributed by atoms with E-state index >= 15 is 0 Å². The fraction of sp³-hybridized carbons (Fsp3) is 0.171. The molecule has 43 heavy (non-hydrogen) atoms. The fourth-order valence-corrected chi connectivity index (χ4v) is 6.34. The summed E-state index contributed by atoms with van der Waals surface area (Å²) in [5, 5.41) is 1.86. The van der Waals surface area contributed by atoms with Crippen LogP contribution in [0.5, 0.6) is 5.75 Å². The molecule has 0 spiro atoms. The second-order valence-electron chi connectivity index (χ2n) is 10.3. The Kier molecular flexibility index (Phi) is 7.78. The summed E-state index contributed by atoms with van der Waals surface area (Å²) in [6, 6.07) is 25.2. The molecule has 216 valence electrons. The number of ether oxygens (including phenoxy) is 2. The lowest BCUT2D eigenvalue weighted by Crippen LogP contribution is -2.39. The van der Waals surface area contributed by atoms with E-state index in [0.29, 0.717) is 37.5 Å². The Bertz CT molecular complexity index is 2080. The molecule has 0 N–H and O–H groups in total. The topological polar surface area (TPSA) is 69.9 Å². The van der Waals surface area contributed by atoms with E-state index in [0.717, 1.165) is 21.9 Å². The third-order valence-electron chi connectivity index (χ3n) is 7.46. The van der Waals surface area contributed by atoms with Gasteiger partial charge in [0.1, 0.15) is 18.2 Å². The molecule has 8 heteroatoms. The van der Waals surface area contributed by atoms with Gasteiger partial charge in [0, 0.05) is 11.1 Å². The van der Waals surface area contributed by atoms with Crippen molar-refractivity contribution in [3.05, 3.63) is 144 Å². The van der Waals surface area contributed by atoms with Crippen LogP contribution in [0.15, 0.2) is 106 Å². The number of hydrogen-bond acceptors (Lipinski definition) is 6. The summed E-state index contributed by atoms with van der Waals surface area (Å²) in [7, 11) is 0. The highest BCUT2D eigenvalue weighted by molar-refractivity contribution is 7.07. The molecule has 4 aromatic carbocycles. The van der Waals surface area contributed by atoms with Gasteiger partial charge in [-0.1, -0.05) is 89.7 Å². The predicted octanol–water partition coefficient (Wildman–Crippen LogP) is 5.98. The molecular formula is C35H29FN2O4S. The highest BCUT2D eigenvalue weighted by Gasteiger charge is 2.33. The van der Waals surface area contributed by atoms with E-state index < -0.39 is 12.0 Å². The summed E-state index contributed by atoms with van der Waals surface area (Å²) in [5.74, 6) is -0.324. The van der Waals surface area contributed by atoms with Gasteiger partial charge in [-0.05, 0) is 55.3 Å². The van der Waals surface area contributed by atoms with Crippen molar-refractivity contribution in [1.82, 2.24) is 4.57 Å². The Balaban J connectivity index is 1.53. The number of halogens is 1. The van der Waals surface area contributed by atoms with Crippen molar-refractivity contribution < 1.29 is 18.7 Å². The molecule has 6 rings (SSSR count). The lowest BCUT2D eigenvalue weighted by atomic mass is 9.95. The van der Waals surface area contributed by atoms with E-state index in [-0.39, 0.29) is 24.6 Å². The van der Waals surface area contributed by atoms with Crippen LogP contribution in [-0.2, 0) is 16.1 Å². The first kappa shape index (κ1) is 28.3. The SMILES string of the molecule is CCOC(=O)C1=C(C)N=c2s/c(=C\c3c(OCc4ccccc4F)ccc4ccccc34)c(=O)n2[C@@H]1c1ccc(C)cc1. The molecule has 1 aliphatic rings. The van der Waals surface area contributed by atoms with Crippen molar-refractivity contribution in [3.63, 3.8) is 0 Å². The number of nitrogens with zero attached hydrogens (tertiary/aromatic N) is 2. The minimum atomic E-state index is -0.692. The van der Waals surface area contributed by atoms with Crippen LogP contribution in [0.2, 0.25) is 0 Å². The molecule has 1 atom stereocenters. The van der Waals surface area contributed by atoms with Gasteiger partial charge in [-0.15, -0.1) is 0 Å². The van der Waals surface area contributed by atoms with Crippen molar-refractivity contribution >= 4 is 34.2 Å². The maximum Gasteiger partial charge on any atom is 0.338 e. The van der Waals surface area contributed by atoms with Gasteiger partial charge >= 0.3 is 5.97 Å². The first-order valence-corrected chi connectivity index (χ1v) is 14.8. The molecular weight excluding hydrogens is 563 g/mol. The van der Waals surface area contributed by atoms with Crippen LogP contribution < -0.4 is 19.6 Å². The first-order valence-electron chi connectivity index (χ1n) is 14.0. The third-order valence-corrected chi connectivity index (χ3v) is 8.44. The number of thiazole rings is 1. The lowest BCUT2D eigenvalue weighted by molar-refractivity contribution is -0.139. The van der Waals surface area contributed by atoms with Gasteiger partial charge in [0.2, 0.25) is 0 Å². The molecule has 5 aromatic rings. The number of carbonyl (C=O) groups excluding carboxylic acids is 1. The molecule has 0 saturated heterocycles. The molecule has 0 fully saturated rings. The van der Waals surface area contributed by atoms with Gasteiger partial charge in [-0.3, -0.25) is 9.36 Å². The zero-order valence-corrected chi connectivity index (χ0v) is 24.8. The zero-order valence-electron chi connectivity index (χ0n) is 24.0. The van der Waals surface area contributed by atoms with Crippen LogP contribution in [0.4, 0.5) is 4.39 Å². The van der Waals surface area contributed by atoms with Crippen LogP contribution >= 0.6 is 11.3 Å². The smallest absolute Gasteiger partial charge is 0.338 e. The van der Waals surface area contributed by atoms with Crippen LogP contribution in [0.25, 0.3) is 16.8 Å². The highest BCUT2D eigenvalue weighted by Crippen LogP contribution is 2.32. The monoisotopic (exact) mass is 592 g/mol. The lowest BCUT2D eigenvalue weighted by Gasteiger charge is -2.24. The Morgan fingerprint density at radius 3 is 2.51 bits per heavy atom. The predicted molar refractivity (Wildman–Crippen MR) is 166 cm³/mol. The summed E-state index contributed by atoms with van der Waals surface area (Å²) < 4.78 is 27.9. The summed E-state index contributed by atoms with van der Waals surface area (Å²) in [6.07, 6.45) is 1.80. The van der Waals surface area contributed by atoms with Crippen LogP contribution in [-0.4, -0.2) is 17.1 Å². The second-order valence-corrected chi connectivity index (χ2v) is 11.3. The van der Waals surface area contributed by atoms with Crippen molar-refractivity contribution in [1.29, 1.82) is 0 Å². The summed E-state index contributed by atoms with van der Waals surface area (Å²) >= 11 is 1.25. The van der Waals surface area contributed by atoms with Crippen molar-refractivity contribution in [2.75, 3.05) is 6.61 Å². The maximum atomic E-state index is 14.4. The molecule has 0 bridgehead atoms. The van der Waals surface area contributed by atoms with Gasteiger partial charge < -0.3 is 9.47 Å². The van der Waals surface area contributed by atoms with Crippen molar-refractivity contribution in [3.8, 4) is 5.75 Å². The normalized spacial score (nSPS) is 14.9. The number of aryl methyl sites for hydroxylation is 1. The number of rotatable bonds is 7. The van der Waals surface area contributed by atoms with Gasteiger partial charge in [-0.2, -0.15) is 0 Å². The molecule has 0 unspecified atom stereocenters. The minimum Gasteiger partial charge on any atom is -0.488 e. The van der Waals surface area contributed by atoms with Gasteiger partial charge in [0.25, 0.3) is 5.56 Å². The van der Waals surface area contributed by atoms with E-state index in [2.05, 4.69) is 4.99 Å². The quantitative estimate of drug-likeness (QED) is 0.218. The maximum absolute atomic E-state index is 14.4. The Hall–Kier alpha value is -4.82. The number of fused-ring (bicyclic) bond motifs is 2. The molecule has 6 nitrogen and oxygen atoms in total. The van der Waals surface area contributed by atoms with Gasteiger partial charge in [0.15, 0.2) is 4.80 Å². The number of benzene rings is 4. The number of carbonyl (C=O) groups is 1. The fourth-order valence-electron chi connectivity index (χ4n) is 5.31. The standard InChI is InChI=1S/C35H29FN2O4S/c1-4-41-34(40)31-22(3)37-35-38(32(31)24-15-13-21(2)14-16-24)33(39)30(43-35)19-27-26-11-7-5-9-23(26)17-18-29(27)42-20-25-10-6-8-12-28(25)36/h5-19,32H,4,20H2,1-3H3/b30-19-/t32-/m1/s1. The second kappa shape index (κ2) is 11.8. The highest BCUT2D eigenvalue weighted by atomic mass is 32.1. The minimum absolute atomic E-state index is 0.0304. The van der Waals surface area contributed by atoms with Gasteiger partial charge in [0.05, 0.1) is 28.5 Å². The van der Waals surface area contributed by atoms with E-state index in [1.54, 1.807) is 42.7 Å². The summed E-state index contributed by atoms with van der Waals surface area (Å²) in [4.78, 5) is 32.5. The number of aromatic nitrogens is 1. The number of allylic oxidation sites excluding steroid dienone is 1. The van der Waals surface area contributed by atoms with E-state index in [1.807, 2.05) is 67.6 Å². The summed E-state index contributed by atoms with van der Waals surface area (Å²) in [5.41, 5.74) is 3.55. The van der Waals surface area contributed by atoms with Crippen LogP contribution in [0, 0.1) is 12.7 Å². The Morgan fingerprint density at radius 2 is 1.74 bits per heavy atom. The largest absolute Gasteiger partial charge is 0.488 e. The Labute approximate surface area is 251 Å². The first-order chi connectivity index (χ1) is 20.9. The molecule has 1 aliphatic heterocycles. The average molecular weight is 593 g/mol. The molecule has 0 radical (unpaired) electrons. The van der Waals surface area contributed by atoms with E-state index in [4.69, 9.17) is 9.47 Å². The molecule has 0 amide bonds. The molecule has 1 aromatic heterocycles. The van der Waals surface area contributed by atoms with Crippen molar-refractivity contribution in [2.24, 2.45) is 4.99 Å².